The predicted octanol–water partition coefficient (Wildman–Crippen LogP) is 0.992. The van der Waals surface area contributed by atoms with Crippen LogP contribution in [-0.4, -0.2) is 30.2 Å². The molecule has 0 bridgehead atoms. The molecule has 1 aliphatic rings. The van der Waals surface area contributed by atoms with Gasteiger partial charge in [0.05, 0.1) is 18.4 Å². The van der Waals surface area contributed by atoms with Gasteiger partial charge in [-0.1, -0.05) is 0 Å². The summed E-state index contributed by atoms with van der Waals surface area (Å²) in [5.74, 6) is 1.06. The molecule has 1 N–H and O–H groups in total. The highest BCUT2D eigenvalue weighted by Gasteiger charge is 2.16. The van der Waals surface area contributed by atoms with Crippen LogP contribution in [0.3, 0.4) is 0 Å². The van der Waals surface area contributed by atoms with Gasteiger partial charge in [0.1, 0.15) is 0 Å². The average Bonchev–Trinajstić information content (AvgIpc) is 2.06. The van der Waals surface area contributed by atoms with Gasteiger partial charge in [-0.05, 0) is 25.6 Å². The van der Waals surface area contributed by atoms with Crippen molar-refractivity contribution in [3.05, 3.63) is 0 Å². The topological polar surface area (TPSA) is 38.3 Å². The molecule has 0 aliphatic carbocycles. The van der Waals surface area contributed by atoms with E-state index in [1.807, 2.05) is 6.92 Å². The lowest BCUT2D eigenvalue weighted by Crippen LogP contribution is -2.34. The number of hydrogen-bond donors (Lipinski definition) is 1. The number of rotatable bonds is 3. The Morgan fingerprint density at radius 1 is 1.75 bits per heavy atom. The highest BCUT2D eigenvalue weighted by Crippen LogP contribution is 2.17. The van der Waals surface area contributed by atoms with Crippen molar-refractivity contribution in [2.75, 3.05) is 18.9 Å². The van der Waals surface area contributed by atoms with E-state index >= 15 is 0 Å². The molecule has 1 atom stereocenters. The second kappa shape index (κ2) is 5.43. The molecule has 1 unspecified atom stereocenters. The predicted molar refractivity (Wildman–Crippen MR) is 50.1 cm³/mol. The van der Waals surface area contributed by atoms with Crippen LogP contribution in [0, 0.1) is 0 Å². The normalized spacial score (nSPS) is 23.6. The van der Waals surface area contributed by atoms with Gasteiger partial charge in [-0.2, -0.15) is 0 Å². The van der Waals surface area contributed by atoms with Crippen molar-refractivity contribution < 1.29 is 9.53 Å². The van der Waals surface area contributed by atoms with Crippen molar-refractivity contribution in [3.63, 3.8) is 0 Å². The fraction of sp³-hybridized carbons (Fsp3) is 0.875. The number of esters is 1. The van der Waals surface area contributed by atoms with E-state index in [1.54, 1.807) is 11.8 Å². The number of ether oxygens (including phenoxy) is 1. The van der Waals surface area contributed by atoms with E-state index < -0.39 is 0 Å². The second-order valence-electron chi connectivity index (χ2n) is 2.68. The molecule has 1 heterocycles. The van der Waals surface area contributed by atoms with Crippen LogP contribution in [0.1, 0.15) is 19.8 Å². The molecule has 1 rings (SSSR count). The van der Waals surface area contributed by atoms with E-state index in [0.717, 1.165) is 12.3 Å². The van der Waals surface area contributed by atoms with E-state index in [0.29, 0.717) is 13.0 Å². The maximum Gasteiger partial charge on any atom is 0.308 e. The molecule has 0 aromatic carbocycles. The van der Waals surface area contributed by atoms with Crippen LogP contribution in [0.2, 0.25) is 0 Å². The molecular weight excluding hydrogens is 174 g/mol. The van der Waals surface area contributed by atoms with Crippen LogP contribution in [0.4, 0.5) is 0 Å². The third-order valence-electron chi connectivity index (χ3n) is 1.67. The first-order chi connectivity index (χ1) is 5.83. The Morgan fingerprint density at radius 2 is 2.58 bits per heavy atom. The summed E-state index contributed by atoms with van der Waals surface area (Å²) in [6.45, 7) is 3.34. The van der Waals surface area contributed by atoms with Crippen molar-refractivity contribution in [3.8, 4) is 0 Å². The fourth-order valence-electron chi connectivity index (χ4n) is 1.12. The highest BCUT2D eigenvalue weighted by atomic mass is 32.2. The quantitative estimate of drug-likeness (QED) is 0.672. The molecule has 0 radical (unpaired) electrons. The van der Waals surface area contributed by atoms with Crippen molar-refractivity contribution in [2.45, 2.75) is 25.1 Å². The molecule has 0 amide bonds. The van der Waals surface area contributed by atoms with Crippen LogP contribution in [-0.2, 0) is 9.53 Å². The standard InChI is InChI=1S/C8H15NO2S/c1-2-11-8(10)6-7-9-4-3-5-12-7/h7,9H,2-6H2,1H3. The first-order valence-electron chi connectivity index (χ1n) is 4.33. The summed E-state index contributed by atoms with van der Waals surface area (Å²) < 4.78 is 4.85. The van der Waals surface area contributed by atoms with E-state index in [2.05, 4.69) is 5.32 Å². The minimum Gasteiger partial charge on any atom is -0.466 e. The number of carbonyl (C=O) groups excluding carboxylic acids is 1. The number of carbonyl (C=O) groups is 1. The second-order valence-corrected chi connectivity index (χ2v) is 3.99. The molecule has 1 saturated heterocycles. The molecule has 12 heavy (non-hydrogen) atoms. The fourth-order valence-corrected chi connectivity index (χ4v) is 2.21. The Morgan fingerprint density at radius 3 is 3.17 bits per heavy atom. The van der Waals surface area contributed by atoms with Crippen LogP contribution in [0.5, 0.6) is 0 Å². The smallest absolute Gasteiger partial charge is 0.308 e. The largest absolute Gasteiger partial charge is 0.466 e. The number of hydrogen-bond acceptors (Lipinski definition) is 4. The van der Waals surface area contributed by atoms with E-state index in [-0.39, 0.29) is 11.3 Å². The molecule has 1 fully saturated rings. The molecule has 0 saturated carbocycles. The number of thioether (sulfide) groups is 1. The van der Waals surface area contributed by atoms with Crippen molar-refractivity contribution in [2.24, 2.45) is 0 Å². The zero-order valence-electron chi connectivity index (χ0n) is 7.34. The van der Waals surface area contributed by atoms with Crippen LogP contribution >= 0.6 is 11.8 Å². The average molecular weight is 189 g/mol. The van der Waals surface area contributed by atoms with Gasteiger partial charge in [0.15, 0.2) is 0 Å². The van der Waals surface area contributed by atoms with Gasteiger partial charge in [0.2, 0.25) is 0 Å². The lowest BCUT2D eigenvalue weighted by Gasteiger charge is -2.21. The van der Waals surface area contributed by atoms with Gasteiger partial charge in [0.25, 0.3) is 0 Å². The van der Waals surface area contributed by atoms with Crippen LogP contribution < -0.4 is 5.32 Å². The summed E-state index contributed by atoms with van der Waals surface area (Å²) in [5, 5.41) is 3.55. The Labute approximate surface area is 77.2 Å². The Kier molecular flexibility index (Phi) is 4.46. The molecule has 4 heteroatoms. The monoisotopic (exact) mass is 189 g/mol. The Hall–Kier alpha value is -0.220. The Bertz CT molecular complexity index is 146. The van der Waals surface area contributed by atoms with Gasteiger partial charge >= 0.3 is 5.97 Å². The number of nitrogens with one attached hydrogen (secondary N) is 1. The van der Waals surface area contributed by atoms with E-state index in [4.69, 9.17) is 4.74 Å². The Balaban J connectivity index is 2.15. The van der Waals surface area contributed by atoms with Crippen molar-refractivity contribution in [1.29, 1.82) is 0 Å². The molecule has 0 aromatic rings. The van der Waals surface area contributed by atoms with Crippen LogP contribution in [0.15, 0.2) is 0 Å². The van der Waals surface area contributed by atoms with Crippen LogP contribution in [0.25, 0.3) is 0 Å². The third-order valence-corrected chi connectivity index (χ3v) is 2.93. The summed E-state index contributed by atoms with van der Waals surface area (Å²) in [6.07, 6.45) is 1.70. The minimum atomic E-state index is -0.0931. The van der Waals surface area contributed by atoms with E-state index in [9.17, 15) is 4.79 Å². The maximum absolute atomic E-state index is 11.0. The minimum absolute atomic E-state index is 0.0931. The van der Waals surface area contributed by atoms with Gasteiger partial charge in [-0.15, -0.1) is 11.8 Å². The zero-order chi connectivity index (χ0) is 8.81. The van der Waals surface area contributed by atoms with E-state index in [1.165, 1.54) is 6.42 Å². The first kappa shape index (κ1) is 9.86. The van der Waals surface area contributed by atoms with Crippen molar-refractivity contribution >= 4 is 17.7 Å². The SMILES string of the molecule is CCOC(=O)CC1NCCCS1. The maximum atomic E-state index is 11.0. The van der Waals surface area contributed by atoms with Gasteiger partial charge in [0, 0.05) is 0 Å². The third kappa shape index (κ3) is 3.45. The molecule has 1 aliphatic heterocycles. The summed E-state index contributed by atoms with van der Waals surface area (Å²) in [5.41, 5.74) is 0. The molecule has 3 nitrogen and oxygen atoms in total. The summed E-state index contributed by atoms with van der Waals surface area (Å²) >= 11 is 1.81. The summed E-state index contributed by atoms with van der Waals surface area (Å²) in [4.78, 5) is 11.0. The van der Waals surface area contributed by atoms with Gasteiger partial charge < -0.3 is 10.1 Å². The van der Waals surface area contributed by atoms with Crippen molar-refractivity contribution in [1.82, 2.24) is 5.32 Å². The highest BCUT2D eigenvalue weighted by molar-refractivity contribution is 7.99. The summed E-state index contributed by atoms with van der Waals surface area (Å²) in [7, 11) is 0. The molecule has 70 valence electrons. The first-order valence-corrected chi connectivity index (χ1v) is 5.38. The summed E-state index contributed by atoms with van der Waals surface area (Å²) in [6, 6.07) is 0. The lowest BCUT2D eigenvalue weighted by atomic mass is 10.4. The molecule has 0 aromatic heterocycles. The van der Waals surface area contributed by atoms with Gasteiger partial charge in [-0.3, -0.25) is 4.79 Å². The van der Waals surface area contributed by atoms with Gasteiger partial charge in [-0.25, -0.2) is 0 Å². The lowest BCUT2D eigenvalue weighted by molar-refractivity contribution is -0.143. The molecule has 0 spiro atoms. The zero-order valence-corrected chi connectivity index (χ0v) is 8.15. The molecular formula is C8H15NO2S.